The average Bonchev–Trinajstić information content (AvgIpc) is 3.59. The number of amides is 1. The van der Waals surface area contributed by atoms with E-state index in [9.17, 15) is 4.79 Å². The van der Waals surface area contributed by atoms with Crippen LogP contribution in [0.1, 0.15) is 111 Å². The number of nitrogens with one attached hydrogen (secondary N) is 2. The fourth-order valence-electron chi connectivity index (χ4n) is 6.22. The van der Waals surface area contributed by atoms with Crippen LogP contribution in [-0.2, 0) is 11.3 Å². The maximum Gasteiger partial charge on any atom is 0.224 e. The summed E-state index contributed by atoms with van der Waals surface area (Å²) in [5.41, 5.74) is 1.96. The highest BCUT2D eigenvalue weighted by Crippen LogP contribution is 2.51. The summed E-state index contributed by atoms with van der Waals surface area (Å²) in [5.74, 6) is 4.52. The van der Waals surface area contributed by atoms with E-state index in [1.807, 2.05) is 24.3 Å². The predicted molar refractivity (Wildman–Crippen MR) is 162 cm³/mol. The van der Waals surface area contributed by atoms with Crippen molar-refractivity contribution in [2.75, 3.05) is 0 Å². The average molecular weight is 520 g/mol. The maximum absolute atomic E-state index is 12.3. The summed E-state index contributed by atoms with van der Waals surface area (Å²) in [5, 5.41) is 3.04. The number of rotatable bonds is 8. The first kappa shape index (κ1) is 30.2. The Labute approximate surface area is 232 Å². The second-order valence-electron chi connectivity index (χ2n) is 11.7. The van der Waals surface area contributed by atoms with Gasteiger partial charge in [0.05, 0.1) is 17.6 Å². The predicted octanol–water partition coefficient (Wildman–Crippen LogP) is 9.15. The first-order chi connectivity index (χ1) is 18.6. The highest BCUT2D eigenvalue weighted by molar-refractivity contribution is 5.82. The SMILES string of the molecule is C1=CCCCC=C1.CCCC1C(CC)[C@H]1C(=O)NCc1nc2ccccc2[nH]1.CCCC1CCC(C)CC1. The van der Waals surface area contributed by atoms with Crippen LogP contribution >= 0.6 is 0 Å². The van der Waals surface area contributed by atoms with E-state index in [2.05, 4.69) is 67.3 Å². The highest BCUT2D eigenvalue weighted by atomic mass is 16.2. The van der Waals surface area contributed by atoms with Gasteiger partial charge in [-0.1, -0.05) is 115 Å². The number of carbonyl (C=O) groups is 1. The van der Waals surface area contributed by atoms with Gasteiger partial charge in [-0.25, -0.2) is 4.98 Å². The molecule has 5 rings (SSSR count). The largest absolute Gasteiger partial charge is 0.349 e. The van der Waals surface area contributed by atoms with Crippen molar-refractivity contribution < 1.29 is 4.79 Å². The molecule has 210 valence electrons. The molecule has 4 heteroatoms. The lowest BCUT2D eigenvalue weighted by molar-refractivity contribution is -0.123. The minimum Gasteiger partial charge on any atom is -0.349 e. The molecule has 1 amide bonds. The molecule has 2 unspecified atom stereocenters. The van der Waals surface area contributed by atoms with Crippen LogP contribution < -0.4 is 5.32 Å². The molecule has 0 spiro atoms. The summed E-state index contributed by atoms with van der Waals surface area (Å²) in [6, 6.07) is 7.92. The third kappa shape index (κ3) is 9.75. The van der Waals surface area contributed by atoms with Crippen molar-refractivity contribution in [3.63, 3.8) is 0 Å². The van der Waals surface area contributed by atoms with E-state index >= 15 is 0 Å². The number of hydrogen-bond acceptors (Lipinski definition) is 2. The quantitative estimate of drug-likeness (QED) is 0.365. The molecule has 0 aliphatic heterocycles. The summed E-state index contributed by atoms with van der Waals surface area (Å²) in [6.45, 7) is 9.55. The Morgan fingerprint density at radius 3 is 2.26 bits per heavy atom. The van der Waals surface area contributed by atoms with Crippen LogP contribution in [0.25, 0.3) is 11.0 Å². The molecule has 3 aliphatic carbocycles. The Morgan fingerprint density at radius 2 is 1.63 bits per heavy atom. The van der Waals surface area contributed by atoms with Gasteiger partial charge in [0.15, 0.2) is 0 Å². The van der Waals surface area contributed by atoms with E-state index in [1.165, 1.54) is 64.2 Å². The summed E-state index contributed by atoms with van der Waals surface area (Å²) in [6.07, 6.45) is 24.8. The van der Waals surface area contributed by atoms with Gasteiger partial charge in [0.1, 0.15) is 5.82 Å². The number of H-pyrrole nitrogens is 1. The number of allylic oxidation sites excluding steroid dienone is 4. The van der Waals surface area contributed by atoms with Crippen LogP contribution in [0.5, 0.6) is 0 Å². The summed E-state index contributed by atoms with van der Waals surface area (Å²) in [4.78, 5) is 20.0. The van der Waals surface area contributed by atoms with Crippen molar-refractivity contribution in [2.45, 2.75) is 111 Å². The van der Waals surface area contributed by atoms with Gasteiger partial charge in [-0.15, -0.1) is 0 Å². The van der Waals surface area contributed by atoms with Crippen LogP contribution in [-0.4, -0.2) is 15.9 Å². The fraction of sp³-hybridized carbons (Fsp3) is 0.647. The fourth-order valence-corrected chi connectivity index (χ4v) is 6.22. The first-order valence-electron chi connectivity index (χ1n) is 15.6. The van der Waals surface area contributed by atoms with Crippen LogP contribution in [0, 0.1) is 29.6 Å². The Balaban J connectivity index is 0.000000194. The smallest absolute Gasteiger partial charge is 0.224 e. The third-order valence-corrected chi connectivity index (χ3v) is 8.55. The number of para-hydroxylation sites is 2. The molecule has 2 aromatic rings. The van der Waals surface area contributed by atoms with Crippen molar-refractivity contribution >= 4 is 16.9 Å². The number of carbonyl (C=O) groups excluding carboxylic acids is 1. The van der Waals surface area contributed by atoms with Crippen molar-refractivity contribution in [1.82, 2.24) is 15.3 Å². The van der Waals surface area contributed by atoms with Crippen molar-refractivity contribution in [3.05, 3.63) is 54.4 Å². The van der Waals surface area contributed by atoms with Gasteiger partial charge in [-0.3, -0.25) is 4.79 Å². The lowest BCUT2D eigenvalue weighted by atomic mass is 9.81. The minimum atomic E-state index is 0.195. The van der Waals surface area contributed by atoms with Gasteiger partial charge < -0.3 is 10.3 Å². The number of benzene rings is 1. The highest BCUT2D eigenvalue weighted by Gasteiger charge is 2.52. The molecule has 4 nitrogen and oxygen atoms in total. The normalized spacial score (nSPS) is 25.9. The third-order valence-electron chi connectivity index (χ3n) is 8.55. The van der Waals surface area contributed by atoms with Crippen LogP contribution in [0.3, 0.4) is 0 Å². The molecule has 1 aromatic carbocycles. The monoisotopic (exact) mass is 519 g/mol. The number of aromatic amines is 1. The van der Waals surface area contributed by atoms with Gasteiger partial charge in [-0.05, 0) is 61.5 Å². The Hall–Kier alpha value is -2.36. The zero-order chi connectivity index (χ0) is 27.2. The van der Waals surface area contributed by atoms with E-state index in [4.69, 9.17) is 0 Å². The minimum absolute atomic E-state index is 0.195. The lowest BCUT2D eigenvalue weighted by Gasteiger charge is -2.25. The standard InChI is InChI=1S/C17H23N3O.C10H20.C7H10/c1-3-7-12-11(4-2)16(12)17(21)18-10-15-19-13-8-5-6-9-14(13)20-15;1-3-4-10-7-5-9(2)6-8-10;1-2-4-6-7-5-3-1/h5-6,8-9,11-12,16H,3-4,7,10H2,1-2H3,(H,18,21)(H,19,20);9-10H,3-8H2,1-2H3;1-4H,5-7H2/t11?,12?,16-;;/m1../s1. The Morgan fingerprint density at radius 1 is 0.947 bits per heavy atom. The zero-order valence-electron chi connectivity index (χ0n) is 24.6. The summed E-state index contributed by atoms with van der Waals surface area (Å²) >= 11 is 0. The molecule has 3 aliphatic rings. The van der Waals surface area contributed by atoms with E-state index in [0.29, 0.717) is 18.4 Å². The van der Waals surface area contributed by atoms with Gasteiger partial charge in [0.25, 0.3) is 0 Å². The van der Waals surface area contributed by atoms with E-state index in [0.717, 1.165) is 41.5 Å². The topological polar surface area (TPSA) is 57.8 Å². The van der Waals surface area contributed by atoms with E-state index in [-0.39, 0.29) is 11.8 Å². The maximum atomic E-state index is 12.3. The zero-order valence-corrected chi connectivity index (χ0v) is 24.6. The van der Waals surface area contributed by atoms with Crippen LogP contribution in [0.15, 0.2) is 48.6 Å². The van der Waals surface area contributed by atoms with Crippen LogP contribution in [0.4, 0.5) is 0 Å². The second-order valence-corrected chi connectivity index (χ2v) is 11.7. The number of fused-ring (bicyclic) bond motifs is 1. The van der Waals surface area contributed by atoms with Gasteiger partial charge in [0, 0.05) is 5.92 Å². The molecule has 0 radical (unpaired) electrons. The van der Waals surface area contributed by atoms with Gasteiger partial charge in [-0.2, -0.15) is 0 Å². The molecule has 2 fully saturated rings. The number of aromatic nitrogens is 2. The molecule has 2 saturated carbocycles. The van der Waals surface area contributed by atoms with Crippen molar-refractivity contribution in [1.29, 1.82) is 0 Å². The van der Waals surface area contributed by atoms with E-state index in [1.54, 1.807) is 0 Å². The Bertz CT molecular complexity index is 953. The van der Waals surface area contributed by atoms with Crippen molar-refractivity contribution in [3.8, 4) is 0 Å². The first-order valence-corrected chi connectivity index (χ1v) is 15.6. The van der Waals surface area contributed by atoms with Gasteiger partial charge >= 0.3 is 0 Å². The van der Waals surface area contributed by atoms with Gasteiger partial charge in [0.2, 0.25) is 5.91 Å². The summed E-state index contributed by atoms with van der Waals surface area (Å²) < 4.78 is 0. The molecule has 1 heterocycles. The number of imidazole rings is 1. The molecular weight excluding hydrogens is 466 g/mol. The summed E-state index contributed by atoms with van der Waals surface area (Å²) in [7, 11) is 0. The molecule has 2 N–H and O–H groups in total. The lowest BCUT2D eigenvalue weighted by Crippen LogP contribution is -2.26. The molecule has 1 aromatic heterocycles. The molecule has 3 atom stereocenters. The molecule has 0 saturated heterocycles. The Kier molecular flexibility index (Phi) is 13.2. The molecule has 38 heavy (non-hydrogen) atoms. The molecule has 0 bridgehead atoms. The van der Waals surface area contributed by atoms with Crippen LogP contribution in [0.2, 0.25) is 0 Å². The number of hydrogen-bond donors (Lipinski definition) is 2. The van der Waals surface area contributed by atoms with E-state index < -0.39 is 0 Å². The second kappa shape index (κ2) is 16.6. The molecular formula is C34H53N3O. The van der Waals surface area contributed by atoms with Crippen molar-refractivity contribution in [2.24, 2.45) is 29.6 Å². The number of nitrogens with zero attached hydrogens (tertiary/aromatic N) is 1.